The maximum absolute atomic E-state index is 12.8. The van der Waals surface area contributed by atoms with Crippen molar-refractivity contribution in [2.45, 2.75) is 32.6 Å². The van der Waals surface area contributed by atoms with Crippen LogP contribution in [-0.2, 0) is 24.5 Å². The fourth-order valence-electron chi connectivity index (χ4n) is 3.99. The molecular formula is C21H18N2O5. The highest BCUT2D eigenvalue weighted by Gasteiger charge is 2.26. The van der Waals surface area contributed by atoms with Gasteiger partial charge in [0.15, 0.2) is 0 Å². The summed E-state index contributed by atoms with van der Waals surface area (Å²) in [6.45, 7) is 1.26. The zero-order valence-corrected chi connectivity index (χ0v) is 15.0. The van der Waals surface area contributed by atoms with Crippen LogP contribution in [-0.4, -0.2) is 20.6 Å². The van der Waals surface area contributed by atoms with E-state index in [2.05, 4.69) is 4.98 Å². The second-order valence-electron chi connectivity index (χ2n) is 7.49. The minimum Gasteiger partial charge on any atom is -0.477 e. The van der Waals surface area contributed by atoms with Gasteiger partial charge in [-0.1, -0.05) is 6.07 Å². The van der Waals surface area contributed by atoms with Crippen LogP contribution in [0.15, 0.2) is 40.2 Å². The van der Waals surface area contributed by atoms with E-state index in [1.165, 1.54) is 12.3 Å². The first-order valence-electron chi connectivity index (χ1n) is 9.25. The number of aromatic nitrogens is 2. The molecule has 0 amide bonds. The van der Waals surface area contributed by atoms with Crippen molar-refractivity contribution in [1.29, 1.82) is 0 Å². The minimum absolute atomic E-state index is 0.191. The van der Waals surface area contributed by atoms with Gasteiger partial charge in [0.05, 0.1) is 18.7 Å². The number of hydrogen-bond acceptors (Lipinski definition) is 4. The van der Waals surface area contributed by atoms with Crippen LogP contribution in [0.25, 0.3) is 22.0 Å². The van der Waals surface area contributed by atoms with Crippen LogP contribution >= 0.6 is 0 Å². The monoisotopic (exact) mass is 378 g/mol. The summed E-state index contributed by atoms with van der Waals surface area (Å²) in [6.07, 6.45) is 5.34. The fraction of sp³-hybridized carbons (Fsp3) is 0.286. The number of H-pyrrole nitrogens is 1. The van der Waals surface area contributed by atoms with E-state index in [-0.39, 0.29) is 17.7 Å². The van der Waals surface area contributed by atoms with Gasteiger partial charge in [-0.05, 0) is 36.0 Å². The maximum atomic E-state index is 12.8. The predicted octanol–water partition coefficient (Wildman–Crippen LogP) is 2.50. The number of carbonyl (C=O) groups is 1. The number of carboxylic acid groups (broad SMARTS) is 1. The normalized spacial score (nSPS) is 15.7. The Bertz CT molecular complexity index is 1250. The third-order valence-corrected chi connectivity index (χ3v) is 5.53. The molecule has 1 fully saturated rings. The van der Waals surface area contributed by atoms with Gasteiger partial charge in [-0.15, -0.1) is 0 Å². The molecule has 0 atom stereocenters. The zero-order chi connectivity index (χ0) is 19.4. The molecular weight excluding hydrogens is 360 g/mol. The molecule has 1 aromatic carbocycles. The predicted molar refractivity (Wildman–Crippen MR) is 102 cm³/mol. The van der Waals surface area contributed by atoms with Gasteiger partial charge < -0.3 is 19.4 Å². The van der Waals surface area contributed by atoms with Crippen LogP contribution < -0.4 is 11.0 Å². The maximum Gasteiger partial charge on any atom is 0.341 e. The molecule has 1 aliphatic heterocycles. The number of hydrogen-bond donors (Lipinski definition) is 2. The van der Waals surface area contributed by atoms with Crippen molar-refractivity contribution in [2.24, 2.45) is 5.92 Å². The summed E-state index contributed by atoms with van der Waals surface area (Å²) in [5, 5.41) is 9.85. The quantitative estimate of drug-likeness (QED) is 0.729. The molecule has 0 unspecified atom stereocenters. The van der Waals surface area contributed by atoms with Gasteiger partial charge >= 0.3 is 5.97 Å². The molecule has 142 valence electrons. The first kappa shape index (κ1) is 16.9. The molecule has 2 aliphatic rings. The third-order valence-electron chi connectivity index (χ3n) is 5.53. The molecule has 7 nitrogen and oxygen atoms in total. The SMILES string of the molecule is O=C(O)c1cn(CC2CC2)c2c3c(ccc2c1=O)-c1c[nH]c(=O)cc1COC3. The van der Waals surface area contributed by atoms with Gasteiger partial charge in [0, 0.05) is 41.5 Å². The minimum atomic E-state index is -1.22. The van der Waals surface area contributed by atoms with E-state index in [0.29, 0.717) is 24.5 Å². The summed E-state index contributed by atoms with van der Waals surface area (Å²) in [4.78, 5) is 38.8. The molecule has 0 spiro atoms. The van der Waals surface area contributed by atoms with Crippen LogP contribution in [0.4, 0.5) is 0 Å². The van der Waals surface area contributed by atoms with Crippen molar-refractivity contribution >= 4 is 16.9 Å². The number of ether oxygens (including phenoxy) is 1. The lowest BCUT2D eigenvalue weighted by atomic mass is 9.95. The average Bonchev–Trinajstić information content (AvgIpc) is 3.49. The van der Waals surface area contributed by atoms with Gasteiger partial charge in [0.25, 0.3) is 0 Å². The van der Waals surface area contributed by atoms with Gasteiger partial charge in [0.1, 0.15) is 5.56 Å². The van der Waals surface area contributed by atoms with E-state index in [1.807, 2.05) is 10.6 Å². The molecule has 0 radical (unpaired) electrons. The molecule has 2 N–H and O–H groups in total. The summed E-state index contributed by atoms with van der Waals surface area (Å²) >= 11 is 0. The Morgan fingerprint density at radius 2 is 2.04 bits per heavy atom. The topological polar surface area (TPSA) is 101 Å². The number of aromatic carboxylic acids is 1. The second-order valence-corrected chi connectivity index (χ2v) is 7.49. The highest BCUT2D eigenvalue weighted by molar-refractivity contribution is 5.95. The van der Waals surface area contributed by atoms with E-state index in [0.717, 1.165) is 40.6 Å². The van der Waals surface area contributed by atoms with Crippen LogP contribution in [0.3, 0.4) is 0 Å². The van der Waals surface area contributed by atoms with E-state index in [4.69, 9.17) is 4.74 Å². The van der Waals surface area contributed by atoms with Crippen molar-refractivity contribution in [3.05, 3.63) is 67.9 Å². The van der Waals surface area contributed by atoms with E-state index in [9.17, 15) is 19.5 Å². The average molecular weight is 378 g/mol. The van der Waals surface area contributed by atoms with Crippen LogP contribution in [0, 0.1) is 5.92 Å². The highest BCUT2D eigenvalue weighted by atomic mass is 16.5. The Morgan fingerprint density at radius 1 is 1.21 bits per heavy atom. The Morgan fingerprint density at radius 3 is 2.79 bits per heavy atom. The number of benzene rings is 1. The van der Waals surface area contributed by atoms with Crippen molar-refractivity contribution < 1.29 is 14.6 Å². The third kappa shape index (κ3) is 2.66. The summed E-state index contributed by atoms with van der Waals surface area (Å²) in [5.74, 6) is -0.718. The number of nitrogens with zero attached hydrogens (tertiary/aromatic N) is 1. The lowest BCUT2D eigenvalue weighted by Crippen LogP contribution is -2.20. The highest BCUT2D eigenvalue weighted by Crippen LogP contribution is 2.36. The molecule has 3 heterocycles. The Labute approximate surface area is 159 Å². The van der Waals surface area contributed by atoms with Crippen LogP contribution in [0.5, 0.6) is 0 Å². The zero-order valence-electron chi connectivity index (χ0n) is 15.0. The number of carboxylic acids is 1. The van der Waals surface area contributed by atoms with E-state index < -0.39 is 11.4 Å². The molecule has 28 heavy (non-hydrogen) atoms. The number of rotatable bonds is 3. The van der Waals surface area contributed by atoms with E-state index in [1.54, 1.807) is 12.3 Å². The van der Waals surface area contributed by atoms with Gasteiger partial charge in [-0.2, -0.15) is 0 Å². The second kappa shape index (κ2) is 6.17. The lowest BCUT2D eigenvalue weighted by Gasteiger charge is -2.17. The molecule has 0 saturated heterocycles. The largest absolute Gasteiger partial charge is 0.477 e. The first-order chi connectivity index (χ1) is 13.5. The molecule has 7 heteroatoms. The van der Waals surface area contributed by atoms with Crippen molar-refractivity contribution in [1.82, 2.24) is 9.55 Å². The summed E-state index contributed by atoms with van der Waals surface area (Å²) in [5.41, 5.74) is 3.22. The molecule has 2 aromatic heterocycles. The standard InChI is InChI=1S/C21H18N2O5/c24-18-5-12-9-28-10-17-13(15(12)6-22-18)3-4-14-19(17)23(7-11-1-2-11)8-16(20(14)25)21(26)27/h3-6,8,11H,1-2,7,9-10H2,(H,22,24)(H,26,27). The van der Waals surface area contributed by atoms with Crippen molar-refractivity contribution in [3.8, 4) is 11.1 Å². The Hall–Kier alpha value is -3.19. The Balaban J connectivity index is 1.85. The summed E-state index contributed by atoms with van der Waals surface area (Å²) in [7, 11) is 0. The molecule has 5 rings (SSSR count). The summed E-state index contributed by atoms with van der Waals surface area (Å²) < 4.78 is 7.72. The summed E-state index contributed by atoms with van der Waals surface area (Å²) in [6, 6.07) is 5.03. The van der Waals surface area contributed by atoms with Crippen molar-refractivity contribution in [2.75, 3.05) is 0 Å². The molecule has 3 aromatic rings. The lowest BCUT2D eigenvalue weighted by molar-refractivity contribution is 0.0694. The number of fused-ring (bicyclic) bond motifs is 5. The van der Waals surface area contributed by atoms with Crippen LogP contribution in [0.1, 0.15) is 34.3 Å². The van der Waals surface area contributed by atoms with Crippen LogP contribution in [0.2, 0.25) is 0 Å². The number of aromatic amines is 1. The number of nitrogens with one attached hydrogen (secondary N) is 1. The van der Waals surface area contributed by atoms with E-state index >= 15 is 0 Å². The van der Waals surface area contributed by atoms with Gasteiger partial charge in [-0.3, -0.25) is 9.59 Å². The first-order valence-corrected chi connectivity index (χ1v) is 9.25. The Kier molecular flexibility index (Phi) is 3.73. The molecule has 1 aliphatic carbocycles. The molecule has 1 saturated carbocycles. The smallest absolute Gasteiger partial charge is 0.341 e. The number of pyridine rings is 2. The fourth-order valence-corrected chi connectivity index (χ4v) is 3.99. The molecule has 0 bridgehead atoms. The van der Waals surface area contributed by atoms with Crippen molar-refractivity contribution in [3.63, 3.8) is 0 Å². The van der Waals surface area contributed by atoms with Gasteiger partial charge in [0.2, 0.25) is 11.0 Å². The van der Waals surface area contributed by atoms with Gasteiger partial charge in [-0.25, -0.2) is 4.79 Å².